The number of rotatable bonds is 5. The summed E-state index contributed by atoms with van der Waals surface area (Å²) in [6, 6.07) is 7.16. The second kappa shape index (κ2) is 6.78. The molecule has 1 aromatic heterocycles. The fourth-order valence-electron chi connectivity index (χ4n) is 3.73. The van der Waals surface area contributed by atoms with E-state index in [0.29, 0.717) is 29.5 Å². The highest BCUT2D eigenvalue weighted by Crippen LogP contribution is 2.51. The molecule has 7 heteroatoms. The van der Waals surface area contributed by atoms with E-state index in [9.17, 15) is 17.6 Å². The number of nitrogens with one attached hydrogen (secondary N) is 1. The third kappa shape index (κ3) is 3.52. The zero-order valence-electron chi connectivity index (χ0n) is 14.8. The first-order valence-electron chi connectivity index (χ1n) is 9.03. The lowest BCUT2D eigenvalue weighted by Gasteiger charge is -2.21. The molecule has 144 valence electrons. The van der Waals surface area contributed by atoms with E-state index in [1.165, 1.54) is 31.3 Å². The highest BCUT2D eigenvalue weighted by Gasteiger charge is 2.44. The van der Waals surface area contributed by atoms with Gasteiger partial charge in [0.15, 0.2) is 0 Å². The molecule has 1 fully saturated rings. The van der Waals surface area contributed by atoms with Crippen LogP contribution in [0.15, 0.2) is 30.3 Å². The van der Waals surface area contributed by atoms with Crippen LogP contribution in [0.25, 0.3) is 11.3 Å². The number of benzene rings is 1. The summed E-state index contributed by atoms with van der Waals surface area (Å²) in [5.74, 6) is -1.03. The Bertz CT molecular complexity index is 831. The molecular weight excluding hydrogens is 360 g/mol. The van der Waals surface area contributed by atoms with Crippen molar-refractivity contribution >= 4 is 0 Å². The van der Waals surface area contributed by atoms with Crippen molar-refractivity contribution < 1.29 is 22.3 Å². The standard InChI is InChI=1S/C20H20F4N2O/c1-25-9-16(20(22,23)24)17-8-14-15(11-2-3-11)10-27-19(14)18(26-17)12-4-6-13(21)7-5-12/h4-8,11,15-16,25H,2-3,9-10H2,1H3. The topological polar surface area (TPSA) is 34.2 Å². The molecule has 1 saturated carbocycles. The van der Waals surface area contributed by atoms with Crippen LogP contribution in [0.5, 0.6) is 5.75 Å². The highest BCUT2D eigenvalue weighted by atomic mass is 19.4. The Labute approximate surface area is 154 Å². The van der Waals surface area contributed by atoms with Crippen LogP contribution in [0.2, 0.25) is 0 Å². The Morgan fingerprint density at radius 1 is 1.22 bits per heavy atom. The molecule has 1 aromatic carbocycles. The van der Waals surface area contributed by atoms with Gasteiger partial charge in [-0.2, -0.15) is 13.2 Å². The summed E-state index contributed by atoms with van der Waals surface area (Å²) in [7, 11) is 1.49. The molecule has 2 heterocycles. The van der Waals surface area contributed by atoms with E-state index >= 15 is 0 Å². The summed E-state index contributed by atoms with van der Waals surface area (Å²) < 4.78 is 60.1. The molecule has 1 N–H and O–H groups in total. The zero-order chi connectivity index (χ0) is 19.2. The lowest BCUT2D eigenvalue weighted by atomic mass is 9.92. The summed E-state index contributed by atoms with van der Waals surface area (Å²) >= 11 is 0. The van der Waals surface area contributed by atoms with Gasteiger partial charge in [0.2, 0.25) is 0 Å². The zero-order valence-corrected chi connectivity index (χ0v) is 14.8. The number of aromatic nitrogens is 1. The molecule has 2 unspecified atom stereocenters. The predicted octanol–water partition coefficient (Wildman–Crippen LogP) is 4.64. The first-order valence-corrected chi connectivity index (χ1v) is 9.03. The van der Waals surface area contributed by atoms with Crippen LogP contribution < -0.4 is 10.1 Å². The second-order valence-corrected chi connectivity index (χ2v) is 7.23. The molecule has 2 aromatic rings. The van der Waals surface area contributed by atoms with Crippen molar-refractivity contribution in [2.24, 2.45) is 5.92 Å². The van der Waals surface area contributed by atoms with Crippen LogP contribution in [-0.2, 0) is 0 Å². The summed E-state index contributed by atoms with van der Waals surface area (Å²) in [5.41, 5.74) is 1.69. The third-order valence-electron chi connectivity index (χ3n) is 5.30. The Balaban J connectivity index is 1.86. The van der Waals surface area contributed by atoms with Gasteiger partial charge in [0.05, 0.1) is 12.3 Å². The van der Waals surface area contributed by atoms with Crippen LogP contribution in [-0.4, -0.2) is 31.4 Å². The average molecular weight is 380 g/mol. The predicted molar refractivity (Wildman–Crippen MR) is 93.3 cm³/mol. The molecule has 27 heavy (non-hydrogen) atoms. The molecule has 2 aliphatic rings. The number of likely N-dealkylation sites (N-methyl/N-ethyl adjacent to an activating group) is 1. The smallest absolute Gasteiger partial charge is 0.398 e. The normalized spacial score (nSPS) is 20.3. The van der Waals surface area contributed by atoms with E-state index in [4.69, 9.17) is 4.74 Å². The van der Waals surface area contributed by atoms with E-state index in [0.717, 1.165) is 18.4 Å². The van der Waals surface area contributed by atoms with Crippen molar-refractivity contribution in [3.63, 3.8) is 0 Å². The number of pyridine rings is 1. The number of nitrogens with zero attached hydrogens (tertiary/aromatic N) is 1. The number of ether oxygens (including phenoxy) is 1. The van der Waals surface area contributed by atoms with Crippen LogP contribution in [0, 0.1) is 11.7 Å². The van der Waals surface area contributed by atoms with Gasteiger partial charge in [0.25, 0.3) is 0 Å². The number of hydrogen-bond donors (Lipinski definition) is 1. The Hall–Kier alpha value is -2.15. The Morgan fingerprint density at radius 3 is 2.52 bits per heavy atom. The van der Waals surface area contributed by atoms with Crippen molar-refractivity contribution in [2.45, 2.75) is 30.9 Å². The van der Waals surface area contributed by atoms with Crippen molar-refractivity contribution in [3.05, 3.63) is 47.4 Å². The van der Waals surface area contributed by atoms with Crippen molar-refractivity contribution in [2.75, 3.05) is 20.2 Å². The maximum absolute atomic E-state index is 13.6. The minimum Gasteiger partial charge on any atom is -0.490 e. The quantitative estimate of drug-likeness (QED) is 0.768. The van der Waals surface area contributed by atoms with Gasteiger partial charge in [-0.3, -0.25) is 0 Å². The molecule has 0 spiro atoms. The minimum atomic E-state index is -4.42. The van der Waals surface area contributed by atoms with Crippen LogP contribution >= 0.6 is 0 Å². The third-order valence-corrected chi connectivity index (χ3v) is 5.30. The fraction of sp³-hybridized carbons (Fsp3) is 0.450. The molecule has 4 rings (SSSR count). The molecule has 0 radical (unpaired) electrons. The van der Waals surface area contributed by atoms with Crippen molar-refractivity contribution in [1.82, 2.24) is 10.3 Å². The molecule has 0 amide bonds. The summed E-state index contributed by atoms with van der Waals surface area (Å²) in [6.45, 7) is 0.204. The van der Waals surface area contributed by atoms with E-state index in [1.807, 2.05) is 0 Å². The molecule has 2 atom stereocenters. The van der Waals surface area contributed by atoms with E-state index in [2.05, 4.69) is 10.3 Å². The number of halogens is 4. The molecule has 3 nitrogen and oxygen atoms in total. The van der Waals surface area contributed by atoms with Gasteiger partial charge in [0, 0.05) is 23.6 Å². The largest absolute Gasteiger partial charge is 0.490 e. The minimum absolute atomic E-state index is 0.0222. The van der Waals surface area contributed by atoms with Gasteiger partial charge < -0.3 is 10.1 Å². The number of alkyl halides is 3. The van der Waals surface area contributed by atoms with Crippen LogP contribution in [0.3, 0.4) is 0 Å². The van der Waals surface area contributed by atoms with Gasteiger partial charge >= 0.3 is 6.18 Å². The highest BCUT2D eigenvalue weighted by molar-refractivity contribution is 5.70. The van der Waals surface area contributed by atoms with Gasteiger partial charge in [0.1, 0.15) is 23.2 Å². The fourth-order valence-corrected chi connectivity index (χ4v) is 3.73. The van der Waals surface area contributed by atoms with Crippen LogP contribution in [0.1, 0.15) is 35.9 Å². The van der Waals surface area contributed by atoms with E-state index in [-0.39, 0.29) is 18.2 Å². The van der Waals surface area contributed by atoms with Gasteiger partial charge in [-0.1, -0.05) is 0 Å². The molecular formula is C20H20F4N2O. The lowest BCUT2D eigenvalue weighted by Crippen LogP contribution is -2.30. The first-order chi connectivity index (χ1) is 12.9. The Morgan fingerprint density at radius 2 is 1.93 bits per heavy atom. The maximum Gasteiger partial charge on any atom is 0.398 e. The SMILES string of the molecule is CNCC(c1cc2c(c(-c3ccc(F)cc3)n1)OCC2C1CC1)C(F)(F)F. The lowest BCUT2D eigenvalue weighted by molar-refractivity contribution is -0.150. The van der Waals surface area contributed by atoms with Gasteiger partial charge in [-0.25, -0.2) is 9.37 Å². The molecule has 1 aliphatic heterocycles. The first kappa shape index (κ1) is 18.2. The summed E-state index contributed by atoms with van der Waals surface area (Å²) in [5, 5.41) is 2.61. The average Bonchev–Trinajstić information content (AvgIpc) is 3.38. The Kier molecular flexibility index (Phi) is 4.58. The van der Waals surface area contributed by atoms with Gasteiger partial charge in [-0.15, -0.1) is 0 Å². The number of fused-ring (bicyclic) bond motifs is 1. The van der Waals surface area contributed by atoms with Crippen molar-refractivity contribution in [1.29, 1.82) is 0 Å². The van der Waals surface area contributed by atoms with Crippen molar-refractivity contribution in [3.8, 4) is 17.0 Å². The van der Waals surface area contributed by atoms with Crippen LogP contribution in [0.4, 0.5) is 17.6 Å². The number of hydrogen-bond acceptors (Lipinski definition) is 3. The van der Waals surface area contributed by atoms with E-state index < -0.39 is 17.9 Å². The second-order valence-electron chi connectivity index (χ2n) is 7.23. The maximum atomic E-state index is 13.6. The molecule has 1 aliphatic carbocycles. The molecule has 0 saturated heterocycles. The summed E-state index contributed by atoms with van der Waals surface area (Å²) in [4.78, 5) is 4.34. The molecule has 0 bridgehead atoms. The monoisotopic (exact) mass is 380 g/mol. The van der Waals surface area contributed by atoms with Gasteiger partial charge in [-0.05, 0) is 56.1 Å². The van der Waals surface area contributed by atoms with E-state index in [1.54, 1.807) is 6.07 Å². The summed E-state index contributed by atoms with van der Waals surface area (Å²) in [6.07, 6.45) is -2.29.